The van der Waals surface area contributed by atoms with Gasteiger partial charge in [-0.1, -0.05) is 62.4 Å². The van der Waals surface area contributed by atoms with Crippen molar-refractivity contribution in [2.45, 2.75) is 70.6 Å². The third-order valence-electron chi connectivity index (χ3n) is 8.39. The van der Waals surface area contributed by atoms with Gasteiger partial charge in [0.2, 0.25) is 5.91 Å². The van der Waals surface area contributed by atoms with E-state index in [9.17, 15) is 4.79 Å². The van der Waals surface area contributed by atoms with E-state index in [1.165, 1.54) is 61.6 Å². The molecule has 1 aliphatic heterocycles. The normalized spacial score (nSPS) is 23.1. The summed E-state index contributed by atoms with van der Waals surface area (Å²) in [5.74, 6) is 3.32. The number of hydrogen-bond donors (Lipinski definition) is 2. The predicted molar refractivity (Wildman–Crippen MR) is 142 cm³/mol. The molecule has 5 heteroatoms. The maximum Gasteiger partial charge on any atom is 0.220 e. The third-order valence-corrected chi connectivity index (χ3v) is 8.39. The van der Waals surface area contributed by atoms with E-state index in [0.29, 0.717) is 12.3 Å². The molecule has 186 valence electrons. The zero-order valence-corrected chi connectivity index (χ0v) is 21.0. The van der Waals surface area contributed by atoms with Gasteiger partial charge < -0.3 is 10.6 Å². The smallest absolute Gasteiger partial charge is 0.220 e. The van der Waals surface area contributed by atoms with Crippen molar-refractivity contribution in [2.75, 3.05) is 19.6 Å². The first kappa shape index (κ1) is 24.2. The lowest BCUT2D eigenvalue weighted by Gasteiger charge is -2.32. The van der Waals surface area contributed by atoms with Crippen LogP contribution in [-0.4, -0.2) is 35.5 Å². The van der Waals surface area contributed by atoms with Crippen LogP contribution in [-0.2, 0) is 11.2 Å². The highest BCUT2D eigenvalue weighted by atomic mass is 16.1. The van der Waals surface area contributed by atoms with Crippen LogP contribution in [0.25, 0.3) is 17.0 Å². The van der Waals surface area contributed by atoms with Crippen molar-refractivity contribution in [3.05, 3.63) is 53.9 Å². The first-order chi connectivity index (χ1) is 17.2. The lowest BCUT2D eigenvalue weighted by atomic mass is 9.73. The zero-order valence-electron chi connectivity index (χ0n) is 21.0. The number of nitrogens with one attached hydrogen (secondary N) is 2. The van der Waals surface area contributed by atoms with Crippen LogP contribution in [0.3, 0.4) is 0 Å². The largest absolute Gasteiger partial charge is 0.356 e. The number of amides is 1. The highest BCUT2D eigenvalue weighted by Crippen LogP contribution is 2.39. The molecule has 1 aromatic heterocycles. The molecule has 2 unspecified atom stereocenters. The van der Waals surface area contributed by atoms with Crippen molar-refractivity contribution < 1.29 is 4.79 Å². The van der Waals surface area contributed by atoms with Crippen molar-refractivity contribution in [3.8, 4) is 11.4 Å². The second kappa shape index (κ2) is 11.9. The van der Waals surface area contributed by atoms with Crippen LogP contribution < -0.4 is 10.6 Å². The number of nitrogens with zero attached hydrogens (tertiary/aromatic N) is 2. The van der Waals surface area contributed by atoms with E-state index < -0.39 is 0 Å². The van der Waals surface area contributed by atoms with Gasteiger partial charge in [-0.15, -0.1) is 0 Å². The monoisotopic (exact) mass is 472 g/mol. The van der Waals surface area contributed by atoms with E-state index >= 15 is 0 Å². The number of benzene rings is 1. The fraction of sp³-hybridized carbons (Fsp3) is 0.567. The van der Waals surface area contributed by atoms with Crippen molar-refractivity contribution >= 4 is 11.5 Å². The van der Waals surface area contributed by atoms with Gasteiger partial charge in [0.25, 0.3) is 0 Å². The van der Waals surface area contributed by atoms with Crippen LogP contribution in [0.5, 0.6) is 0 Å². The molecule has 5 rings (SSSR count). The fourth-order valence-electron chi connectivity index (χ4n) is 6.11. The number of allylic oxidation sites excluding steroid dienone is 2. The summed E-state index contributed by atoms with van der Waals surface area (Å²) in [6.07, 6.45) is 19.8. The first-order valence-corrected chi connectivity index (χ1v) is 13.8. The van der Waals surface area contributed by atoms with E-state index in [-0.39, 0.29) is 5.91 Å². The summed E-state index contributed by atoms with van der Waals surface area (Å²) in [5, 5.41) is 6.42. The maximum absolute atomic E-state index is 12.2. The Bertz CT molecular complexity index is 986. The molecule has 2 aliphatic carbocycles. The fourth-order valence-corrected chi connectivity index (χ4v) is 6.11. The Balaban J connectivity index is 1.10. The summed E-state index contributed by atoms with van der Waals surface area (Å²) in [4.78, 5) is 21.5. The number of hydrogen-bond acceptors (Lipinski definition) is 4. The number of aromatic nitrogens is 2. The van der Waals surface area contributed by atoms with E-state index in [1.807, 2.05) is 12.4 Å². The molecule has 1 aromatic carbocycles. The minimum absolute atomic E-state index is 0.141. The summed E-state index contributed by atoms with van der Waals surface area (Å²) < 4.78 is 0. The van der Waals surface area contributed by atoms with Crippen LogP contribution in [0.15, 0.2) is 42.7 Å². The minimum atomic E-state index is 0.141. The Morgan fingerprint density at radius 3 is 2.43 bits per heavy atom. The van der Waals surface area contributed by atoms with Crippen LogP contribution in [0.4, 0.5) is 0 Å². The van der Waals surface area contributed by atoms with Gasteiger partial charge >= 0.3 is 0 Å². The molecule has 1 saturated carbocycles. The van der Waals surface area contributed by atoms with Gasteiger partial charge in [-0.05, 0) is 74.1 Å². The summed E-state index contributed by atoms with van der Waals surface area (Å²) in [5.41, 5.74) is 4.78. The van der Waals surface area contributed by atoms with Gasteiger partial charge in [-0.25, -0.2) is 9.97 Å². The maximum atomic E-state index is 12.2. The molecule has 2 atom stereocenters. The zero-order chi connectivity index (χ0) is 23.9. The molecule has 2 aromatic rings. The average Bonchev–Trinajstić information content (AvgIpc) is 3.46. The standard InChI is InChI=1S/C30H40N4O/c35-29(32-19-23-16-17-31-18-23)15-8-22-6-9-27(10-7-22)30-33-20-28(21-34-30)26-13-11-25(12-14-26)24-4-2-1-3-5-24/h6-7,9-10,13,20-21,23-25,31H,1-5,8,11-12,14-19H2,(H,32,35). The van der Waals surface area contributed by atoms with Gasteiger partial charge in [0.05, 0.1) is 0 Å². The third kappa shape index (κ3) is 6.58. The van der Waals surface area contributed by atoms with Crippen LogP contribution in [0.2, 0.25) is 0 Å². The second-order valence-electron chi connectivity index (χ2n) is 10.8. The molecular weight excluding hydrogens is 432 g/mol. The molecule has 1 amide bonds. The molecule has 35 heavy (non-hydrogen) atoms. The number of carbonyl (C=O) groups excluding carboxylic acids is 1. The molecule has 3 aliphatic rings. The Labute approximate surface area is 210 Å². The van der Waals surface area contributed by atoms with Crippen molar-refractivity contribution in [3.63, 3.8) is 0 Å². The van der Waals surface area contributed by atoms with E-state index in [0.717, 1.165) is 62.1 Å². The van der Waals surface area contributed by atoms with Crippen molar-refractivity contribution in [1.29, 1.82) is 0 Å². The lowest BCUT2D eigenvalue weighted by molar-refractivity contribution is -0.121. The quantitative estimate of drug-likeness (QED) is 0.527. The minimum Gasteiger partial charge on any atom is -0.356 e. The number of aryl methyl sites for hydroxylation is 1. The molecule has 1 saturated heterocycles. The topological polar surface area (TPSA) is 66.9 Å². The highest BCUT2D eigenvalue weighted by Gasteiger charge is 2.25. The molecule has 2 N–H and O–H groups in total. The summed E-state index contributed by atoms with van der Waals surface area (Å²) in [6.45, 7) is 2.87. The van der Waals surface area contributed by atoms with Gasteiger partial charge in [-0.2, -0.15) is 0 Å². The molecule has 2 fully saturated rings. The van der Waals surface area contributed by atoms with Gasteiger partial charge in [0.15, 0.2) is 5.82 Å². The molecule has 0 radical (unpaired) electrons. The molecule has 2 heterocycles. The van der Waals surface area contributed by atoms with Gasteiger partial charge in [-0.3, -0.25) is 4.79 Å². The second-order valence-corrected chi connectivity index (χ2v) is 10.8. The Kier molecular flexibility index (Phi) is 8.25. The summed E-state index contributed by atoms with van der Waals surface area (Å²) in [7, 11) is 0. The molecule has 5 nitrogen and oxygen atoms in total. The Morgan fingerprint density at radius 2 is 1.74 bits per heavy atom. The summed E-state index contributed by atoms with van der Waals surface area (Å²) in [6, 6.07) is 8.33. The SMILES string of the molecule is O=C(CCc1ccc(-c2ncc(C3=CCC(C4CCCCC4)CC3)cn2)cc1)NCC1CCNC1. The van der Waals surface area contributed by atoms with Crippen molar-refractivity contribution in [1.82, 2.24) is 20.6 Å². The van der Waals surface area contributed by atoms with Crippen LogP contribution >= 0.6 is 0 Å². The molecule has 0 bridgehead atoms. The lowest BCUT2D eigenvalue weighted by Crippen LogP contribution is -2.30. The van der Waals surface area contributed by atoms with Crippen LogP contribution in [0, 0.1) is 17.8 Å². The molecule has 0 spiro atoms. The van der Waals surface area contributed by atoms with E-state index in [2.05, 4.69) is 50.9 Å². The first-order valence-electron chi connectivity index (χ1n) is 13.8. The number of carbonyl (C=O) groups is 1. The number of rotatable bonds is 8. The van der Waals surface area contributed by atoms with Crippen LogP contribution in [0.1, 0.15) is 75.3 Å². The molecular formula is C30H40N4O. The predicted octanol–water partition coefficient (Wildman–Crippen LogP) is 5.57. The van der Waals surface area contributed by atoms with Gasteiger partial charge in [0.1, 0.15) is 0 Å². The Hall–Kier alpha value is -2.53. The summed E-state index contributed by atoms with van der Waals surface area (Å²) >= 11 is 0. The van der Waals surface area contributed by atoms with Crippen molar-refractivity contribution in [2.24, 2.45) is 17.8 Å². The van der Waals surface area contributed by atoms with E-state index in [1.54, 1.807) is 0 Å². The highest BCUT2D eigenvalue weighted by molar-refractivity contribution is 5.76. The van der Waals surface area contributed by atoms with Gasteiger partial charge in [0, 0.05) is 36.5 Å². The Morgan fingerprint density at radius 1 is 0.943 bits per heavy atom. The van der Waals surface area contributed by atoms with E-state index in [4.69, 9.17) is 0 Å². The average molecular weight is 473 g/mol.